The lowest BCUT2D eigenvalue weighted by Crippen LogP contribution is -2.45. The first-order chi connectivity index (χ1) is 14.7. The van der Waals surface area contributed by atoms with Crippen molar-refractivity contribution >= 4 is 16.7 Å². The van der Waals surface area contributed by atoms with Crippen LogP contribution in [0.3, 0.4) is 0 Å². The zero-order valence-electron chi connectivity index (χ0n) is 16.9. The van der Waals surface area contributed by atoms with Gasteiger partial charge in [-0.05, 0) is 24.2 Å². The van der Waals surface area contributed by atoms with Gasteiger partial charge < -0.3 is 9.88 Å². The van der Waals surface area contributed by atoms with E-state index in [1.54, 1.807) is 6.07 Å². The van der Waals surface area contributed by atoms with E-state index in [1.807, 2.05) is 4.90 Å². The molecule has 3 aromatic rings. The fourth-order valence-corrected chi connectivity index (χ4v) is 3.88. The standard InChI is InChI=1S/C21H22F3N5O2/c1-2-27-7-9-28(10-8-27)13-15-4-3-14(11-17(15)21(22,23)24)20-25-18-6-5-16(29(30)31)12-19(18)26-20/h3-6,11-12H,2,7-10,13H2,1H3,(H,25,26). The Hall–Kier alpha value is -2.98. The second-order valence-electron chi connectivity index (χ2n) is 7.62. The van der Waals surface area contributed by atoms with Crippen molar-refractivity contribution in [2.45, 2.75) is 19.6 Å². The summed E-state index contributed by atoms with van der Waals surface area (Å²) in [5.41, 5.74) is 0.563. The van der Waals surface area contributed by atoms with E-state index in [9.17, 15) is 23.3 Å². The Morgan fingerprint density at radius 1 is 1.10 bits per heavy atom. The average molecular weight is 433 g/mol. The molecule has 0 bridgehead atoms. The maximum atomic E-state index is 13.8. The van der Waals surface area contributed by atoms with Crippen molar-refractivity contribution < 1.29 is 18.1 Å². The molecule has 2 aromatic carbocycles. The molecule has 10 heteroatoms. The lowest BCUT2D eigenvalue weighted by atomic mass is 10.0. The number of H-pyrrole nitrogens is 1. The van der Waals surface area contributed by atoms with Crippen LogP contribution >= 0.6 is 0 Å². The second-order valence-corrected chi connectivity index (χ2v) is 7.62. The molecule has 0 spiro atoms. The molecule has 1 aromatic heterocycles. The minimum atomic E-state index is -4.50. The number of rotatable bonds is 5. The van der Waals surface area contributed by atoms with E-state index in [0.29, 0.717) is 11.0 Å². The van der Waals surface area contributed by atoms with E-state index in [4.69, 9.17) is 0 Å². The van der Waals surface area contributed by atoms with Crippen molar-refractivity contribution in [1.29, 1.82) is 0 Å². The Bertz CT molecular complexity index is 1100. The third-order valence-corrected chi connectivity index (χ3v) is 5.67. The van der Waals surface area contributed by atoms with Gasteiger partial charge in [0.05, 0.1) is 21.5 Å². The number of nitrogens with one attached hydrogen (secondary N) is 1. The first kappa shape index (κ1) is 21.3. The lowest BCUT2D eigenvalue weighted by molar-refractivity contribution is -0.384. The largest absolute Gasteiger partial charge is 0.416 e. The van der Waals surface area contributed by atoms with E-state index < -0.39 is 16.7 Å². The molecule has 0 amide bonds. The first-order valence-electron chi connectivity index (χ1n) is 10.0. The van der Waals surface area contributed by atoms with Crippen molar-refractivity contribution in [2.24, 2.45) is 0 Å². The summed E-state index contributed by atoms with van der Waals surface area (Å²) in [5, 5.41) is 11.0. The molecular weight excluding hydrogens is 411 g/mol. The number of nitro benzene ring substituents is 1. The first-order valence-corrected chi connectivity index (χ1v) is 10.0. The third-order valence-electron chi connectivity index (χ3n) is 5.67. The van der Waals surface area contributed by atoms with Crippen molar-refractivity contribution in [1.82, 2.24) is 19.8 Å². The monoisotopic (exact) mass is 433 g/mol. The molecule has 7 nitrogen and oxygen atoms in total. The van der Waals surface area contributed by atoms with Crippen LogP contribution in [0, 0.1) is 10.1 Å². The van der Waals surface area contributed by atoms with Gasteiger partial charge in [0.15, 0.2) is 0 Å². The Morgan fingerprint density at radius 2 is 1.81 bits per heavy atom. The molecule has 0 saturated carbocycles. The molecule has 1 saturated heterocycles. The summed E-state index contributed by atoms with van der Waals surface area (Å²) in [5.74, 6) is 0.240. The molecule has 1 aliphatic heterocycles. The third kappa shape index (κ3) is 4.54. The number of fused-ring (bicyclic) bond motifs is 1. The number of imidazole rings is 1. The Balaban J connectivity index is 1.64. The molecule has 0 radical (unpaired) electrons. The van der Waals surface area contributed by atoms with Crippen molar-refractivity contribution in [3.63, 3.8) is 0 Å². The highest BCUT2D eigenvalue weighted by Gasteiger charge is 2.34. The van der Waals surface area contributed by atoms with E-state index >= 15 is 0 Å². The summed E-state index contributed by atoms with van der Waals surface area (Å²) in [6.45, 7) is 6.41. The zero-order valence-corrected chi connectivity index (χ0v) is 16.9. The predicted molar refractivity (Wildman–Crippen MR) is 111 cm³/mol. The number of nitrogens with zero attached hydrogens (tertiary/aromatic N) is 4. The van der Waals surface area contributed by atoms with Crippen molar-refractivity contribution in [2.75, 3.05) is 32.7 Å². The number of piperazine rings is 1. The van der Waals surface area contributed by atoms with Crippen LogP contribution in [0.1, 0.15) is 18.1 Å². The van der Waals surface area contributed by atoms with Gasteiger partial charge in [0.2, 0.25) is 0 Å². The number of nitro groups is 1. The van der Waals surface area contributed by atoms with Gasteiger partial charge in [0, 0.05) is 50.4 Å². The van der Waals surface area contributed by atoms with Crippen LogP contribution in [0.25, 0.3) is 22.4 Å². The summed E-state index contributed by atoms with van der Waals surface area (Å²) in [6.07, 6.45) is -4.50. The van der Waals surface area contributed by atoms with Crippen molar-refractivity contribution in [3.8, 4) is 11.4 Å². The maximum Gasteiger partial charge on any atom is 0.416 e. The molecule has 0 aliphatic carbocycles. The van der Waals surface area contributed by atoms with E-state index in [1.165, 1.54) is 24.3 Å². The molecule has 2 heterocycles. The predicted octanol–water partition coefficient (Wildman–Crippen LogP) is 4.29. The molecule has 0 unspecified atom stereocenters. The topological polar surface area (TPSA) is 78.3 Å². The van der Waals surface area contributed by atoms with Crippen LogP contribution in [0.5, 0.6) is 0 Å². The fourth-order valence-electron chi connectivity index (χ4n) is 3.88. The summed E-state index contributed by atoms with van der Waals surface area (Å²) in [4.78, 5) is 21.9. The molecule has 31 heavy (non-hydrogen) atoms. The Kier molecular flexibility index (Phi) is 5.67. The van der Waals surface area contributed by atoms with E-state index in [-0.39, 0.29) is 29.2 Å². The molecule has 1 aliphatic rings. The SMILES string of the molecule is CCN1CCN(Cc2ccc(-c3nc4ccc([N+](=O)[O-])cc4[nH]3)cc2C(F)(F)F)CC1. The summed E-state index contributed by atoms with van der Waals surface area (Å²) in [6, 6.07) is 8.32. The van der Waals surface area contributed by atoms with Crippen molar-refractivity contribution in [3.05, 3.63) is 57.6 Å². The number of aromatic nitrogens is 2. The number of likely N-dealkylation sites (N-methyl/N-ethyl adjacent to an activating group) is 1. The molecule has 1 N–H and O–H groups in total. The highest BCUT2D eigenvalue weighted by Crippen LogP contribution is 2.35. The number of alkyl halides is 3. The number of hydrogen-bond acceptors (Lipinski definition) is 5. The number of non-ortho nitro benzene ring substituents is 1. The normalized spacial score (nSPS) is 16.1. The fraction of sp³-hybridized carbons (Fsp3) is 0.381. The Labute approximate surface area is 176 Å². The van der Waals surface area contributed by atoms with Gasteiger partial charge in [-0.15, -0.1) is 0 Å². The smallest absolute Gasteiger partial charge is 0.338 e. The van der Waals surface area contributed by atoms with Gasteiger partial charge in [-0.3, -0.25) is 15.0 Å². The maximum absolute atomic E-state index is 13.8. The van der Waals surface area contributed by atoms with Gasteiger partial charge in [-0.1, -0.05) is 19.1 Å². The zero-order chi connectivity index (χ0) is 22.2. The quantitative estimate of drug-likeness (QED) is 0.480. The van der Waals surface area contributed by atoms with Crippen LogP contribution in [-0.2, 0) is 12.7 Å². The minimum absolute atomic E-state index is 0.114. The molecule has 4 rings (SSSR count). The van der Waals surface area contributed by atoms with Gasteiger partial charge in [0.1, 0.15) is 5.82 Å². The highest BCUT2D eigenvalue weighted by atomic mass is 19.4. The molecule has 0 atom stereocenters. The van der Waals surface area contributed by atoms with Gasteiger partial charge >= 0.3 is 6.18 Å². The summed E-state index contributed by atoms with van der Waals surface area (Å²) >= 11 is 0. The van der Waals surface area contributed by atoms with E-state index in [0.717, 1.165) is 38.8 Å². The van der Waals surface area contributed by atoms with Gasteiger partial charge in [-0.25, -0.2) is 4.98 Å². The van der Waals surface area contributed by atoms with Crippen LogP contribution < -0.4 is 0 Å². The molecule has 1 fully saturated rings. The highest BCUT2D eigenvalue weighted by molar-refractivity contribution is 5.81. The second kappa shape index (κ2) is 8.27. The van der Waals surface area contributed by atoms with E-state index in [2.05, 4.69) is 21.8 Å². The van der Waals surface area contributed by atoms with Crippen LogP contribution in [0.4, 0.5) is 18.9 Å². The summed E-state index contributed by atoms with van der Waals surface area (Å²) < 4.78 is 41.5. The van der Waals surface area contributed by atoms with Crippen LogP contribution in [-0.4, -0.2) is 57.4 Å². The number of halogens is 3. The lowest BCUT2D eigenvalue weighted by Gasteiger charge is -2.34. The van der Waals surface area contributed by atoms with Crippen LogP contribution in [0.2, 0.25) is 0 Å². The number of hydrogen-bond donors (Lipinski definition) is 1. The minimum Gasteiger partial charge on any atom is -0.338 e. The van der Waals surface area contributed by atoms with Crippen LogP contribution in [0.15, 0.2) is 36.4 Å². The van der Waals surface area contributed by atoms with Gasteiger partial charge in [-0.2, -0.15) is 13.2 Å². The summed E-state index contributed by atoms with van der Waals surface area (Å²) in [7, 11) is 0. The molecular formula is C21H22F3N5O2. The van der Waals surface area contributed by atoms with Gasteiger partial charge in [0.25, 0.3) is 5.69 Å². The Morgan fingerprint density at radius 3 is 2.45 bits per heavy atom. The number of aromatic amines is 1. The average Bonchev–Trinajstić information content (AvgIpc) is 3.17. The number of benzene rings is 2. The molecule has 164 valence electrons.